The van der Waals surface area contributed by atoms with Crippen LogP contribution in [0.1, 0.15) is 12.5 Å². The van der Waals surface area contributed by atoms with Crippen molar-refractivity contribution >= 4 is 38.7 Å². The number of amides is 1. The minimum absolute atomic E-state index is 0.00945. The number of sulfonamides is 1. The van der Waals surface area contributed by atoms with Crippen molar-refractivity contribution in [3.8, 4) is 11.5 Å². The van der Waals surface area contributed by atoms with Crippen molar-refractivity contribution in [3.05, 3.63) is 42.0 Å². The summed E-state index contributed by atoms with van der Waals surface area (Å²) >= 11 is 1.30. The van der Waals surface area contributed by atoms with E-state index in [0.29, 0.717) is 41.7 Å². The van der Waals surface area contributed by atoms with Crippen molar-refractivity contribution in [1.29, 1.82) is 0 Å². The first kappa shape index (κ1) is 23.9. The number of methoxy groups -OCH3 is 2. The summed E-state index contributed by atoms with van der Waals surface area (Å²) in [5, 5.41) is 8.75. The molecular formula is C21H26N4O5S2. The molecule has 3 aromatic rings. The Kier molecular flexibility index (Phi) is 7.64. The molecule has 32 heavy (non-hydrogen) atoms. The van der Waals surface area contributed by atoms with E-state index in [1.165, 1.54) is 23.9 Å². The Morgan fingerprint density at radius 1 is 1.16 bits per heavy atom. The zero-order chi connectivity index (χ0) is 23.3. The van der Waals surface area contributed by atoms with Crippen LogP contribution in [0.3, 0.4) is 0 Å². The SMILES string of the molecule is CCn1c(SCC(=O)NCCc2ccc(OC)c(OC)c2)nc2cc(S(N)(=O)=O)ccc21. The molecule has 0 unspecified atom stereocenters. The number of thioether (sulfide) groups is 1. The molecule has 3 rings (SSSR count). The molecular weight excluding hydrogens is 452 g/mol. The number of hydrogen-bond donors (Lipinski definition) is 2. The Hall–Kier alpha value is -2.76. The molecule has 0 atom stereocenters. The van der Waals surface area contributed by atoms with E-state index in [4.69, 9.17) is 14.6 Å². The number of nitrogens with two attached hydrogens (primary N) is 1. The quantitative estimate of drug-likeness (QED) is 0.428. The summed E-state index contributed by atoms with van der Waals surface area (Å²) in [6.07, 6.45) is 0.653. The number of rotatable bonds is 10. The number of ether oxygens (including phenoxy) is 2. The van der Waals surface area contributed by atoms with Gasteiger partial charge in [0.25, 0.3) is 0 Å². The summed E-state index contributed by atoms with van der Waals surface area (Å²) in [6, 6.07) is 10.2. The van der Waals surface area contributed by atoms with Crippen molar-refractivity contribution < 1.29 is 22.7 Å². The molecule has 3 N–H and O–H groups in total. The first-order chi connectivity index (χ1) is 15.3. The Labute approximate surface area is 191 Å². The molecule has 1 amide bonds. The Bertz CT molecular complexity index is 1220. The lowest BCUT2D eigenvalue weighted by atomic mass is 10.1. The lowest BCUT2D eigenvalue weighted by Gasteiger charge is -2.10. The molecule has 0 aliphatic carbocycles. The maximum atomic E-state index is 12.3. The maximum Gasteiger partial charge on any atom is 0.238 e. The third-order valence-corrected chi connectivity index (χ3v) is 6.73. The molecule has 0 spiro atoms. The molecule has 0 aliphatic heterocycles. The summed E-state index contributed by atoms with van der Waals surface area (Å²) < 4.78 is 35.7. The van der Waals surface area contributed by atoms with Gasteiger partial charge in [-0.1, -0.05) is 17.8 Å². The smallest absolute Gasteiger partial charge is 0.238 e. The fourth-order valence-electron chi connectivity index (χ4n) is 3.24. The van der Waals surface area contributed by atoms with Gasteiger partial charge in [0.15, 0.2) is 16.7 Å². The molecule has 2 aromatic carbocycles. The number of benzene rings is 2. The lowest BCUT2D eigenvalue weighted by Crippen LogP contribution is -2.27. The molecule has 0 saturated heterocycles. The van der Waals surface area contributed by atoms with Crippen LogP contribution in [-0.2, 0) is 27.8 Å². The predicted octanol–water partition coefficient (Wildman–Crippen LogP) is 2.17. The molecule has 0 fully saturated rings. The number of primary sulfonamides is 1. The van der Waals surface area contributed by atoms with Gasteiger partial charge < -0.3 is 19.4 Å². The van der Waals surface area contributed by atoms with Gasteiger partial charge in [0.1, 0.15) is 0 Å². The number of aryl methyl sites for hydroxylation is 1. The minimum Gasteiger partial charge on any atom is -0.493 e. The van der Waals surface area contributed by atoms with Crippen LogP contribution in [0.25, 0.3) is 11.0 Å². The van der Waals surface area contributed by atoms with Gasteiger partial charge in [-0.15, -0.1) is 0 Å². The number of imidazole rings is 1. The van der Waals surface area contributed by atoms with E-state index >= 15 is 0 Å². The maximum absolute atomic E-state index is 12.3. The summed E-state index contributed by atoms with van der Waals surface area (Å²) in [6.45, 7) is 3.08. The highest BCUT2D eigenvalue weighted by molar-refractivity contribution is 7.99. The van der Waals surface area contributed by atoms with E-state index in [9.17, 15) is 13.2 Å². The average Bonchev–Trinajstić information content (AvgIpc) is 3.13. The van der Waals surface area contributed by atoms with Gasteiger partial charge in [-0.25, -0.2) is 18.5 Å². The van der Waals surface area contributed by atoms with Gasteiger partial charge in [0.05, 0.1) is 35.9 Å². The predicted molar refractivity (Wildman–Crippen MR) is 124 cm³/mol. The second-order valence-corrected chi connectivity index (χ2v) is 9.42. The highest BCUT2D eigenvalue weighted by Gasteiger charge is 2.15. The van der Waals surface area contributed by atoms with E-state index in [1.54, 1.807) is 20.3 Å². The number of nitrogens with zero attached hydrogens (tertiary/aromatic N) is 2. The average molecular weight is 479 g/mol. The Morgan fingerprint density at radius 3 is 2.56 bits per heavy atom. The normalized spacial score (nSPS) is 11.5. The summed E-state index contributed by atoms with van der Waals surface area (Å²) in [7, 11) is -0.639. The van der Waals surface area contributed by atoms with Gasteiger partial charge in [-0.3, -0.25) is 4.79 Å². The van der Waals surface area contributed by atoms with Crippen molar-refractivity contribution in [2.45, 2.75) is 29.9 Å². The molecule has 0 bridgehead atoms. The highest BCUT2D eigenvalue weighted by Crippen LogP contribution is 2.28. The van der Waals surface area contributed by atoms with E-state index in [0.717, 1.165) is 11.1 Å². The topological polar surface area (TPSA) is 126 Å². The third kappa shape index (κ3) is 5.53. The molecule has 1 heterocycles. The fourth-order valence-corrected chi connectivity index (χ4v) is 4.69. The van der Waals surface area contributed by atoms with Crippen LogP contribution in [-0.4, -0.2) is 50.4 Å². The van der Waals surface area contributed by atoms with Crippen LogP contribution in [0.2, 0.25) is 0 Å². The first-order valence-corrected chi connectivity index (χ1v) is 12.4. The van der Waals surface area contributed by atoms with Crippen LogP contribution in [0.5, 0.6) is 11.5 Å². The Balaban J connectivity index is 1.59. The van der Waals surface area contributed by atoms with Gasteiger partial charge in [-0.2, -0.15) is 0 Å². The second-order valence-electron chi connectivity index (χ2n) is 6.91. The third-order valence-electron chi connectivity index (χ3n) is 4.85. The number of carbonyl (C=O) groups excluding carboxylic acids is 1. The minimum atomic E-state index is -3.81. The monoisotopic (exact) mass is 478 g/mol. The second kappa shape index (κ2) is 10.2. The number of carbonyl (C=O) groups is 1. The molecule has 172 valence electrons. The number of hydrogen-bond acceptors (Lipinski definition) is 7. The lowest BCUT2D eigenvalue weighted by molar-refractivity contribution is -0.118. The molecule has 0 aliphatic rings. The largest absolute Gasteiger partial charge is 0.493 e. The number of nitrogens with one attached hydrogen (secondary N) is 1. The molecule has 0 saturated carbocycles. The van der Waals surface area contributed by atoms with Crippen LogP contribution < -0.4 is 19.9 Å². The summed E-state index contributed by atoms with van der Waals surface area (Å²) in [4.78, 5) is 16.8. The van der Waals surface area contributed by atoms with Crippen molar-refractivity contribution in [1.82, 2.24) is 14.9 Å². The van der Waals surface area contributed by atoms with Crippen LogP contribution in [0, 0.1) is 0 Å². The van der Waals surface area contributed by atoms with E-state index in [1.807, 2.05) is 29.7 Å². The molecule has 9 nitrogen and oxygen atoms in total. The van der Waals surface area contributed by atoms with Crippen molar-refractivity contribution in [3.63, 3.8) is 0 Å². The molecule has 1 aromatic heterocycles. The van der Waals surface area contributed by atoms with Gasteiger partial charge in [0.2, 0.25) is 15.9 Å². The van der Waals surface area contributed by atoms with Gasteiger partial charge in [0, 0.05) is 13.1 Å². The van der Waals surface area contributed by atoms with E-state index in [2.05, 4.69) is 10.3 Å². The Morgan fingerprint density at radius 2 is 1.91 bits per heavy atom. The van der Waals surface area contributed by atoms with Crippen molar-refractivity contribution in [2.75, 3.05) is 26.5 Å². The van der Waals surface area contributed by atoms with Gasteiger partial charge >= 0.3 is 0 Å². The number of aromatic nitrogens is 2. The van der Waals surface area contributed by atoms with Crippen molar-refractivity contribution in [2.24, 2.45) is 5.14 Å². The molecule has 11 heteroatoms. The number of fused-ring (bicyclic) bond motifs is 1. The zero-order valence-electron chi connectivity index (χ0n) is 18.1. The standard InChI is InChI=1S/C21H26N4O5S2/c1-4-25-17-7-6-15(32(22,27)28)12-16(17)24-21(25)31-13-20(26)23-10-9-14-5-8-18(29-2)19(11-14)30-3/h5-8,11-12H,4,9-10,13H2,1-3H3,(H,23,26)(H2,22,27,28). The fraction of sp³-hybridized carbons (Fsp3) is 0.333. The molecule has 0 radical (unpaired) electrons. The van der Waals surface area contributed by atoms with E-state index in [-0.39, 0.29) is 16.6 Å². The van der Waals surface area contributed by atoms with E-state index < -0.39 is 10.0 Å². The van der Waals surface area contributed by atoms with Crippen LogP contribution >= 0.6 is 11.8 Å². The zero-order valence-corrected chi connectivity index (χ0v) is 19.8. The van der Waals surface area contributed by atoms with Crippen LogP contribution in [0.4, 0.5) is 0 Å². The summed E-state index contributed by atoms with van der Waals surface area (Å²) in [5.41, 5.74) is 2.33. The first-order valence-electron chi connectivity index (χ1n) is 9.90. The van der Waals surface area contributed by atoms with Gasteiger partial charge in [-0.05, 0) is 49.2 Å². The van der Waals surface area contributed by atoms with Crippen LogP contribution in [0.15, 0.2) is 46.5 Å². The summed E-state index contributed by atoms with van der Waals surface area (Å²) in [5.74, 6) is 1.38. The highest BCUT2D eigenvalue weighted by atomic mass is 32.2.